The van der Waals surface area contributed by atoms with Crippen LogP contribution in [0.25, 0.3) is 11.2 Å². The lowest BCUT2D eigenvalue weighted by molar-refractivity contribution is 0.0788. The molecule has 0 radical (unpaired) electrons. The minimum atomic E-state index is 0.0226. The molecule has 26 heavy (non-hydrogen) atoms. The summed E-state index contributed by atoms with van der Waals surface area (Å²) in [7, 11) is 1.88. The number of pyridine rings is 1. The average molecular weight is 358 g/mol. The summed E-state index contributed by atoms with van der Waals surface area (Å²) in [6, 6.07) is 2.16. The Balaban J connectivity index is 1.56. The lowest BCUT2D eigenvalue weighted by atomic mass is 10.2. The summed E-state index contributed by atoms with van der Waals surface area (Å²) >= 11 is 0. The first kappa shape index (κ1) is 18.8. The highest BCUT2D eigenvalue weighted by Crippen LogP contribution is 2.17. The van der Waals surface area contributed by atoms with Crippen molar-refractivity contribution in [3.8, 4) is 0 Å². The number of carbonyl (C=O) groups excluding carboxylic acids is 1. The summed E-state index contributed by atoms with van der Waals surface area (Å²) in [5.41, 5.74) is 2.23. The van der Waals surface area contributed by atoms with Crippen molar-refractivity contribution in [1.82, 2.24) is 24.3 Å². The first-order chi connectivity index (χ1) is 12.6. The summed E-state index contributed by atoms with van der Waals surface area (Å²) in [6.45, 7) is 8.45. The zero-order valence-corrected chi connectivity index (χ0v) is 16.3. The van der Waals surface area contributed by atoms with Gasteiger partial charge in [-0.2, -0.15) is 0 Å². The molecule has 0 atom stereocenters. The average Bonchev–Trinajstić information content (AvgIpc) is 2.89. The van der Waals surface area contributed by atoms with Gasteiger partial charge in [0.05, 0.1) is 11.9 Å². The second-order valence-corrected chi connectivity index (χ2v) is 7.65. The second-order valence-electron chi connectivity index (χ2n) is 7.65. The molecule has 0 aromatic carbocycles. The summed E-state index contributed by atoms with van der Waals surface area (Å²) in [4.78, 5) is 25.9. The van der Waals surface area contributed by atoms with Crippen LogP contribution >= 0.6 is 0 Å². The van der Waals surface area contributed by atoms with E-state index in [2.05, 4.69) is 28.7 Å². The van der Waals surface area contributed by atoms with Crippen LogP contribution in [0.2, 0.25) is 0 Å². The summed E-state index contributed by atoms with van der Waals surface area (Å²) in [5.74, 6) is 0.0226. The van der Waals surface area contributed by atoms with Gasteiger partial charge in [-0.25, -0.2) is 9.97 Å². The highest BCUT2D eigenvalue weighted by molar-refractivity contribution is 5.96. The maximum Gasteiger partial charge on any atom is 0.255 e. The van der Waals surface area contributed by atoms with Gasteiger partial charge < -0.3 is 14.4 Å². The van der Waals surface area contributed by atoms with Gasteiger partial charge in [0.1, 0.15) is 5.52 Å². The van der Waals surface area contributed by atoms with E-state index >= 15 is 0 Å². The number of carbonyl (C=O) groups is 1. The fraction of sp³-hybridized carbons (Fsp3) is 0.650. The van der Waals surface area contributed by atoms with Crippen molar-refractivity contribution in [2.75, 3.05) is 33.2 Å². The molecule has 1 saturated heterocycles. The van der Waals surface area contributed by atoms with E-state index in [0.29, 0.717) is 11.6 Å². The van der Waals surface area contributed by atoms with Crippen LogP contribution in [0.4, 0.5) is 0 Å². The molecule has 1 aliphatic rings. The number of likely N-dealkylation sites (tertiary alicyclic amines) is 1. The molecule has 1 amide bonds. The Morgan fingerprint density at radius 2 is 1.92 bits per heavy atom. The third-order valence-corrected chi connectivity index (χ3v) is 5.23. The fourth-order valence-corrected chi connectivity index (χ4v) is 3.63. The van der Waals surface area contributed by atoms with Crippen LogP contribution in [0.5, 0.6) is 0 Å². The van der Waals surface area contributed by atoms with E-state index in [1.54, 1.807) is 17.4 Å². The van der Waals surface area contributed by atoms with E-state index in [9.17, 15) is 4.79 Å². The molecule has 0 aliphatic carbocycles. The van der Waals surface area contributed by atoms with E-state index in [1.807, 2.05) is 17.7 Å². The quantitative estimate of drug-likeness (QED) is 0.795. The van der Waals surface area contributed by atoms with Crippen molar-refractivity contribution in [3.63, 3.8) is 0 Å². The first-order valence-corrected chi connectivity index (χ1v) is 9.86. The molecular formula is C20H31N5O. The smallest absolute Gasteiger partial charge is 0.255 e. The van der Waals surface area contributed by atoms with Crippen LogP contribution in [0, 0.1) is 0 Å². The number of aromatic nitrogens is 3. The van der Waals surface area contributed by atoms with Gasteiger partial charge in [0.25, 0.3) is 5.91 Å². The van der Waals surface area contributed by atoms with Crippen molar-refractivity contribution in [2.45, 2.75) is 52.0 Å². The van der Waals surface area contributed by atoms with Crippen LogP contribution < -0.4 is 0 Å². The molecule has 6 heteroatoms. The summed E-state index contributed by atoms with van der Waals surface area (Å²) < 4.78 is 2.02. The molecule has 0 bridgehead atoms. The van der Waals surface area contributed by atoms with Crippen LogP contribution in [0.1, 0.15) is 62.4 Å². The van der Waals surface area contributed by atoms with Gasteiger partial charge in [-0.05, 0) is 58.8 Å². The third kappa shape index (κ3) is 4.41. The molecule has 0 unspecified atom stereocenters. The molecular weight excluding hydrogens is 326 g/mol. The minimum Gasteiger partial charge on any atom is -0.342 e. The topological polar surface area (TPSA) is 54.3 Å². The van der Waals surface area contributed by atoms with Crippen LogP contribution in [0.15, 0.2) is 18.6 Å². The molecule has 2 aromatic rings. The van der Waals surface area contributed by atoms with Gasteiger partial charge in [0.2, 0.25) is 0 Å². The molecule has 6 nitrogen and oxygen atoms in total. The lowest BCUT2D eigenvalue weighted by Crippen LogP contribution is -2.32. The Bertz CT molecular complexity index is 731. The summed E-state index contributed by atoms with van der Waals surface area (Å²) in [5, 5.41) is 0. The highest BCUT2D eigenvalue weighted by atomic mass is 16.2. The van der Waals surface area contributed by atoms with Crippen molar-refractivity contribution in [2.24, 2.45) is 0 Å². The van der Waals surface area contributed by atoms with Gasteiger partial charge >= 0.3 is 0 Å². The molecule has 1 fully saturated rings. The first-order valence-electron chi connectivity index (χ1n) is 9.86. The van der Waals surface area contributed by atoms with Gasteiger partial charge in [0.15, 0.2) is 5.65 Å². The van der Waals surface area contributed by atoms with E-state index in [0.717, 1.165) is 30.7 Å². The zero-order valence-electron chi connectivity index (χ0n) is 16.3. The largest absolute Gasteiger partial charge is 0.342 e. The monoisotopic (exact) mass is 357 g/mol. The standard InChI is InChI=1S/C20H31N5O/c1-16(2)25-15-22-18-13-17(14-21-19(18)25)20(26)23(3)9-8-12-24-10-6-4-5-7-11-24/h13-16H,4-12H2,1-3H3. The molecule has 142 valence electrons. The predicted molar refractivity (Wildman–Crippen MR) is 104 cm³/mol. The lowest BCUT2D eigenvalue weighted by Gasteiger charge is -2.22. The zero-order chi connectivity index (χ0) is 18.5. The molecule has 0 spiro atoms. The number of amides is 1. The SMILES string of the molecule is CC(C)n1cnc2cc(C(=O)N(C)CCCN3CCCCCC3)cnc21. The van der Waals surface area contributed by atoms with Crippen molar-refractivity contribution < 1.29 is 4.79 Å². The van der Waals surface area contributed by atoms with E-state index in [1.165, 1.54) is 38.8 Å². The summed E-state index contributed by atoms with van der Waals surface area (Å²) in [6.07, 6.45) is 9.82. The Kier molecular flexibility index (Phi) is 6.25. The number of rotatable bonds is 6. The van der Waals surface area contributed by atoms with E-state index in [-0.39, 0.29) is 5.91 Å². The van der Waals surface area contributed by atoms with Crippen molar-refractivity contribution >= 4 is 17.1 Å². The number of hydrogen-bond acceptors (Lipinski definition) is 4. The molecule has 0 N–H and O–H groups in total. The van der Waals surface area contributed by atoms with Crippen molar-refractivity contribution in [1.29, 1.82) is 0 Å². The van der Waals surface area contributed by atoms with Crippen molar-refractivity contribution in [3.05, 3.63) is 24.2 Å². The van der Waals surface area contributed by atoms with Crippen LogP contribution in [-0.2, 0) is 0 Å². The Hall–Kier alpha value is -1.95. The number of imidazole rings is 1. The Morgan fingerprint density at radius 3 is 2.62 bits per heavy atom. The van der Waals surface area contributed by atoms with Crippen LogP contribution in [-0.4, -0.2) is 63.5 Å². The fourth-order valence-electron chi connectivity index (χ4n) is 3.63. The Morgan fingerprint density at radius 1 is 1.19 bits per heavy atom. The molecule has 3 rings (SSSR count). The van der Waals surface area contributed by atoms with Crippen LogP contribution in [0.3, 0.4) is 0 Å². The molecule has 2 aromatic heterocycles. The number of hydrogen-bond donors (Lipinski definition) is 0. The van der Waals surface area contributed by atoms with Gasteiger partial charge in [0, 0.05) is 25.8 Å². The Labute approximate surface area is 156 Å². The van der Waals surface area contributed by atoms with E-state index < -0.39 is 0 Å². The normalized spacial score (nSPS) is 16.2. The maximum atomic E-state index is 12.7. The third-order valence-electron chi connectivity index (χ3n) is 5.23. The maximum absolute atomic E-state index is 12.7. The molecule has 1 aliphatic heterocycles. The van der Waals surface area contributed by atoms with Gasteiger partial charge in [-0.15, -0.1) is 0 Å². The molecule has 3 heterocycles. The second kappa shape index (κ2) is 8.62. The molecule has 0 saturated carbocycles. The number of nitrogens with zero attached hydrogens (tertiary/aromatic N) is 5. The van der Waals surface area contributed by atoms with Gasteiger partial charge in [-0.1, -0.05) is 12.8 Å². The van der Waals surface area contributed by atoms with E-state index in [4.69, 9.17) is 0 Å². The van der Waals surface area contributed by atoms with Gasteiger partial charge in [-0.3, -0.25) is 4.79 Å². The predicted octanol–water partition coefficient (Wildman–Crippen LogP) is 3.35. The number of fused-ring (bicyclic) bond motifs is 1. The highest BCUT2D eigenvalue weighted by Gasteiger charge is 2.16. The minimum absolute atomic E-state index is 0.0226.